The van der Waals surface area contributed by atoms with Crippen molar-refractivity contribution in [3.63, 3.8) is 0 Å². The van der Waals surface area contributed by atoms with E-state index in [1.807, 2.05) is 36.4 Å². The lowest BCUT2D eigenvalue weighted by atomic mass is 9.75. The van der Waals surface area contributed by atoms with Gasteiger partial charge in [0.2, 0.25) is 5.78 Å². The van der Waals surface area contributed by atoms with Gasteiger partial charge in [0.1, 0.15) is 13.2 Å². The maximum absolute atomic E-state index is 16.5. The number of quaternary nitrogens is 1. The number of hydrogen-bond acceptors (Lipinski definition) is 6. The second kappa shape index (κ2) is 8.91. The highest BCUT2D eigenvalue weighted by molar-refractivity contribution is 6.06. The van der Waals surface area contributed by atoms with E-state index in [9.17, 15) is 19.8 Å². The van der Waals surface area contributed by atoms with Gasteiger partial charge in [-0.3, -0.25) is 4.79 Å². The largest absolute Gasteiger partial charge is 0.550 e. The molecule has 0 bridgehead atoms. The standard InChI is InChI=1S/C27H31FN2O5/c1-2-27(34,14-24(32)33)20-12-18-11-19-15-30(28)21(25(19)29-26(18)22(31)13-20)9-6-10-23(30)35-16-17-7-4-3-5-8-17/h3-5,7-8,10,13,19,21,25,29,34H,2,6,9,11-12,14-16H2,1H3. The molecule has 2 N–H and O–H groups in total. The Kier molecular flexibility index (Phi) is 6.05. The summed E-state index contributed by atoms with van der Waals surface area (Å²) in [5.74, 6) is -1.37. The summed E-state index contributed by atoms with van der Waals surface area (Å²) in [6.07, 6.45) is 4.96. The van der Waals surface area contributed by atoms with Gasteiger partial charge in [-0.25, -0.2) is 0 Å². The van der Waals surface area contributed by atoms with Crippen molar-refractivity contribution in [2.45, 2.75) is 69.7 Å². The molecule has 5 unspecified atom stereocenters. The normalized spacial score (nSPS) is 31.3. The number of aliphatic hydroxyl groups is 1. The zero-order valence-corrected chi connectivity index (χ0v) is 19.8. The molecule has 1 aromatic rings. The lowest BCUT2D eigenvalue weighted by Crippen LogP contribution is -2.53. The number of carboxylic acids is 1. The van der Waals surface area contributed by atoms with Gasteiger partial charge in [-0.15, -0.1) is 0 Å². The third-order valence-electron chi connectivity index (χ3n) is 8.07. The van der Waals surface area contributed by atoms with Gasteiger partial charge >= 0.3 is 5.88 Å². The Labute approximate surface area is 204 Å². The van der Waals surface area contributed by atoms with E-state index in [1.165, 1.54) is 6.08 Å². The molecule has 1 aromatic carbocycles. The van der Waals surface area contributed by atoms with Crippen molar-refractivity contribution in [2.24, 2.45) is 5.92 Å². The van der Waals surface area contributed by atoms with E-state index >= 15 is 4.48 Å². The van der Waals surface area contributed by atoms with E-state index in [2.05, 4.69) is 5.32 Å². The van der Waals surface area contributed by atoms with Crippen LogP contribution in [-0.4, -0.2) is 45.8 Å². The maximum atomic E-state index is 16.5. The lowest BCUT2D eigenvalue weighted by molar-refractivity contribution is -1.05. The fourth-order valence-electron chi connectivity index (χ4n) is 6.24. The fourth-order valence-corrected chi connectivity index (χ4v) is 6.24. The van der Waals surface area contributed by atoms with Crippen molar-refractivity contribution >= 4 is 11.8 Å². The first-order valence-electron chi connectivity index (χ1n) is 12.3. The first-order valence-corrected chi connectivity index (χ1v) is 12.3. The Morgan fingerprint density at radius 2 is 2.11 bits per heavy atom. The minimum atomic E-state index is -1.63. The van der Waals surface area contributed by atoms with Crippen LogP contribution in [0.4, 0.5) is 4.48 Å². The smallest absolute Gasteiger partial charge is 0.327 e. The Morgan fingerprint density at radius 3 is 2.83 bits per heavy atom. The number of hydrogen-bond donors (Lipinski definition) is 2. The van der Waals surface area contributed by atoms with Crippen LogP contribution in [-0.2, 0) is 20.9 Å². The quantitative estimate of drug-likeness (QED) is 0.579. The number of ether oxygens (including phenoxy) is 1. The first kappa shape index (κ1) is 23.8. The van der Waals surface area contributed by atoms with Crippen molar-refractivity contribution < 1.29 is 33.7 Å². The Bertz CT molecular complexity index is 1130. The van der Waals surface area contributed by atoms with Crippen molar-refractivity contribution in [1.29, 1.82) is 0 Å². The highest BCUT2D eigenvalue weighted by Gasteiger charge is 2.62. The second-order valence-corrected chi connectivity index (χ2v) is 10.2. The Morgan fingerprint density at radius 1 is 1.34 bits per heavy atom. The number of benzene rings is 1. The summed E-state index contributed by atoms with van der Waals surface area (Å²) in [6, 6.07) is 9.11. The number of carboxylic acid groups (broad SMARTS) is 1. The number of ketones is 1. The maximum Gasteiger partial charge on any atom is 0.327 e. The van der Waals surface area contributed by atoms with Crippen LogP contribution >= 0.6 is 0 Å². The lowest BCUT2D eigenvalue weighted by Gasteiger charge is -2.38. The van der Waals surface area contributed by atoms with E-state index in [4.69, 9.17) is 4.74 Å². The molecule has 0 aromatic heterocycles. The van der Waals surface area contributed by atoms with Crippen LogP contribution in [0.25, 0.3) is 0 Å². The zero-order valence-electron chi connectivity index (χ0n) is 19.8. The fraction of sp³-hybridized carbons (Fsp3) is 0.481. The van der Waals surface area contributed by atoms with Crippen molar-refractivity contribution in [3.8, 4) is 0 Å². The number of aliphatic carboxylic acids is 1. The van der Waals surface area contributed by atoms with Crippen molar-refractivity contribution in [1.82, 2.24) is 5.32 Å². The van der Waals surface area contributed by atoms with Gasteiger partial charge in [0.05, 0.1) is 17.3 Å². The van der Waals surface area contributed by atoms with E-state index in [0.29, 0.717) is 49.4 Å². The van der Waals surface area contributed by atoms with Crippen LogP contribution < -0.4 is 10.4 Å². The number of nitrogens with one attached hydrogen (secondary N) is 1. The molecule has 0 spiro atoms. The second-order valence-electron chi connectivity index (χ2n) is 10.2. The Hall–Kier alpha value is -2.97. The number of fused-ring (bicyclic) bond motifs is 3. The van der Waals surface area contributed by atoms with Crippen LogP contribution in [0.15, 0.2) is 65.2 Å². The molecule has 1 aliphatic carbocycles. The number of halogens is 1. The summed E-state index contributed by atoms with van der Waals surface area (Å²) in [5.41, 5.74) is 1.00. The summed E-state index contributed by atoms with van der Waals surface area (Å²) >= 11 is 0. The molecular formula is C27H31FN2O5. The molecule has 1 saturated heterocycles. The number of rotatable bonds is 7. The van der Waals surface area contributed by atoms with Gasteiger partial charge in [0.15, 0.2) is 6.04 Å². The zero-order chi connectivity index (χ0) is 24.8. The summed E-state index contributed by atoms with van der Waals surface area (Å²) in [5, 5.41) is 25.5. The molecule has 8 heteroatoms. The molecule has 7 nitrogen and oxygen atoms in total. The van der Waals surface area contributed by atoms with Crippen LogP contribution in [0, 0.1) is 5.92 Å². The van der Waals surface area contributed by atoms with Gasteiger partial charge in [-0.2, -0.15) is 0 Å². The molecular weight excluding hydrogens is 451 g/mol. The van der Waals surface area contributed by atoms with Gasteiger partial charge in [0, 0.05) is 35.3 Å². The molecule has 3 heterocycles. The monoisotopic (exact) mass is 482 g/mol. The predicted molar refractivity (Wildman–Crippen MR) is 123 cm³/mol. The molecule has 1 fully saturated rings. The molecule has 4 aliphatic rings. The van der Waals surface area contributed by atoms with Gasteiger partial charge in [-0.1, -0.05) is 42.0 Å². The SMILES string of the molecule is CCC(O)(CC(=O)[O-])C1=CC(=O)C2=C(C1)CC1C[N+]3(F)C(OCc4ccccc4)=CCCC3C1N2. The topological polar surface area (TPSA) is 98.7 Å². The summed E-state index contributed by atoms with van der Waals surface area (Å²) in [4.78, 5) is 24.2. The number of nitrogens with zero attached hydrogens (tertiary/aromatic N) is 1. The Balaban J connectivity index is 1.34. The summed E-state index contributed by atoms with van der Waals surface area (Å²) in [7, 11) is 0. The average Bonchev–Trinajstić information content (AvgIpc) is 3.13. The van der Waals surface area contributed by atoms with Gasteiger partial charge in [-0.05, 0) is 48.5 Å². The highest BCUT2D eigenvalue weighted by Crippen LogP contribution is 2.48. The minimum Gasteiger partial charge on any atom is -0.550 e. The highest BCUT2D eigenvalue weighted by atomic mass is 19.2. The van der Waals surface area contributed by atoms with Crippen molar-refractivity contribution in [2.75, 3.05) is 6.54 Å². The van der Waals surface area contributed by atoms with E-state index in [1.54, 1.807) is 6.92 Å². The predicted octanol–water partition coefficient (Wildman–Crippen LogP) is 2.33. The van der Waals surface area contributed by atoms with Crippen LogP contribution in [0.5, 0.6) is 0 Å². The van der Waals surface area contributed by atoms with Gasteiger partial charge in [0.25, 0.3) is 0 Å². The summed E-state index contributed by atoms with van der Waals surface area (Å²) < 4.78 is 21.7. The third kappa shape index (κ3) is 4.19. The van der Waals surface area contributed by atoms with Gasteiger partial charge < -0.3 is 25.1 Å². The molecule has 0 radical (unpaired) electrons. The molecule has 186 valence electrons. The molecule has 0 saturated carbocycles. The van der Waals surface area contributed by atoms with E-state index in [-0.39, 0.29) is 36.8 Å². The number of carbonyl (C=O) groups excluding carboxylic acids is 2. The summed E-state index contributed by atoms with van der Waals surface area (Å²) in [6.45, 7) is 2.22. The number of allylic oxidation sites excluding steroid dienone is 3. The average molecular weight is 483 g/mol. The molecule has 5 atom stereocenters. The van der Waals surface area contributed by atoms with E-state index < -0.39 is 22.7 Å². The van der Waals surface area contributed by atoms with Crippen LogP contribution in [0.3, 0.4) is 0 Å². The minimum absolute atomic E-state index is 0.0476. The number of carbonyl (C=O) groups is 2. The molecule has 0 amide bonds. The third-order valence-corrected chi connectivity index (χ3v) is 8.07. The molecule has 35 heavy (non-hydrogen) atoms. The van der Waals surface area contributed by atoms with Crippen molar-refractivity contribution in [3.05, 3.63) is 70.8 Å². The van der Waals surface area contributed by atoms with E-state index in [0.717, 1.165) is 11.1 Å². The molecule has 3 aliphatic heterocycles. The molecule has 5 rings (SSSR count). The van der Waals surface area contributed by atoms with Crippen LogP contribution in [0.2, 0.25) is 0 Å². The first-order chi connectivity index (χ1) is 16.7. The van der Waals surface area contributed by atoms with Crippen LogP contribution in [0.1, 0.15) is 51.0 Å².